The van der Waals surface area contributed by atoms with Crippen molar-refractivity contribution < 1.29 is 14.4 Å². The molecule has 140 valence electrons. The molecule has 0 aliphatic carbocycles. The van der Waals surface area contributed by atoms with Crippen molar-refractivity contribution in [2.24, 2.45) is 0 Å². The van der Waals surface area contributed by atoms with Gasteiger partial charge in [0.15, 0.2) is 0 Å². The average Bonchev–Trinajstić information content (AvgIpc) is 3.38. The molecule has 0 fully saturated rings. The van der Waals surface area contributed by atoms with Gasteiger partial charge in [-0.2, -0.15) is 0 Å². The van der Waals surface area contributed by atoms with Crippen molar-refractivity contribution in [2.75, 3.05) is 0 Å². The number of hydrogen-bond donors (Lipinski definition) is 6. The van der Waals surface area contributed by atoms with Gasteiger partial charge in [-0.3, -0.25) is 4.57 Å². The molecule has 0 spiro atoms. The molecule has 8 heteroatoms. The lowest BCUT2D eigenvalue weighted by Crippen LogP contribution is -2.23. The number of rotatable bonds is 1. The van der Waals surface area contributed by atoms with Crippen LogP contribution in [0.2, 0.25) is 0 Å². The third-order valence-corrected chi connectivity index (χ3v) is 5.58. The lowest BCUT2D eigenvalue weighted by molar-refractivity contribution is 0.387. The van der Waals surface area contributed by atoms with Crippen LogP contribution in [0.3, 0.4) is 0 Å². The number of aromatic amines is 4. The van der Waals surface area contributed by atoms with Crippen molar-refractivity contribution in [1.82, 2.24) is 19.9 Å². The Balaban J connectivity index is 1.82. The van der Waals surface area contributed by atoms with Gasteiger partial charge in [0.2, 0.25) is 0 Å². The van der Waals surface area contributed by atoms with Gasteiger partial charge in [-0.15, -0.1) is 0 Å². The minimum Gasteiger partial charge on any atom is -0.355 e. The molecule has 4 aromatic rings. The van der Waals surface area contributed by atoms with E-state index in [0.29, 0.717) is 10.7 Å². The fraction of sp³-hybridized carbons (Fsp3) is 0. The molecule has 0 radical (unpaired) electrons. The van der Waals surface area contributed by atoms with E-state index < -0.39 is 7.60 Å². The molecule has 6 N–H and O–H groups in total. The van der Waals surface area contributed by atoms with Gasteiger partial charge in [-0.05, 0) is 66.8 Å². The predicted molar refractivity (Wildman–Crippen MR) is 108 cm³/mol. The summed E-state index contributed by atoms with van der Waals surface area (Å²) in [4.78, 5) is 32.5. The van der Waals surface area contributed by atoms with Gasteiger partial charge in [0, 0.05) is 38.8 Å². The number of nitrogens with one attached hydrogen (secondary N) is 4. The van der Waals surface area contributed by atoms with Crippen LogP contribution in [0.25, 0.3) is 24.3 Å². The van der Waals surface area contributed by atoms with Crippen LogP contribution in [0.15, 0.2) is 42.5 Å². The molecule has 1 aliphatic rings. The van der Waals surface area contributed by atoms with E-state index in [1.54, 1.807) is 6.08 Å². The second-order valence-electron chi connectivity index (χ2n) is 6.75. The van der Waals surface area contributed by atoms with Crippen molar-refractivity contribution >= 4 is 37.2 Å². The molecular weight excluding hydrogens is 375 g/mol. The highest BCUT2D eigenvalue weighted by Gasteiger charge is 2.20. The molecule has 7 nitrogen and oxygen atoms in total. The maximum atomic E-state index is 12.0. The molecule has 5 rings (SSSR count). The number of hydrogen-bond acceptors (Lipinski definition) is 1. The summed E-state index contributed by atoms with van der Waals surface area (Å²) < 4.78 is 12.0. The molecule has 0 unspecified atom stereocenters. The van der Waals surface area contributed by atoms with Gasteiger partial charge in [0.05, 0.1) is 10.7 Å². The molecule has 0 saturated carbocycles. The second kappa shape index (κ2) is 6.14. The summed E-state index contributed by atoms with van der Waals surface area (Å²) in [5.74, 6) is 0. The van der Waals surface area contributed by atoms with Gasteiger partial charge < -0.3 is 29.7 Å². The van der Waals surface area contributed by atoms with Crippen LogP contribution in [0, 0.1) is 0 Å². The lowest BCUT2D eigenvalue weighted by Gasteiger charge is -1.99. The van der Waals surface area contributed by atoms with Gasteiger partial charge in [0.25, 0.3) is 0 Å². The van der Waals surface area contributed by atoms with E-state index in [0.717, 1.165) is 33.5 Å². The van der Waals surface area contributed by atoms with E-state index in [9.17, 15) is 14.4 Å². The number of fused-ring (bicyclic) bond motifs is 8. The smallest absolute Gasteiger partial charge is 0.355 e. The van der Waals surface area contributed by atoms with E-state index in [2.05, 4.69) is 19.9 Å². The first-order valence-electron chi connectivity index (χ1n) is 8.67. The highest BCUT2D eigenvalue weighted by Crippen LogP contribution is 2.30. The van der Waals surface area contributed by atoms with Crippen LogP contribution in [0.4, 0.5) is 0 Å². The van der Waals surface area contributed by atoms with Crippen LogP contribution in [-0.4, -0.2) is 29.7 Å². The summed E-state index contributed by atoms with van der Waals surface area (Å²) in [6.45, 7) is 0. The Morgan fingerprint density at radius 3 is 1.64 bits per heavy atom. The van der Waals surface area contributed by atoms with Crippen molar-refractivity contribution in [1.29, 1.82) is 0 Å². The fourth-order valence-electron chi connectivity index (χ4n) is 3.36. The third kappa shape index (κ3) is 3.23. The van der Waals surface area contributed by atoms with E-state index in [1.165, 1.54) is 6.07 Å². The van der Waals surface area contributed by atoms with E-state index in [-0.39, 0.29) is 5.30 Å². The first kappa shape index (κ1) is 16.9. The minimum absolute atomic E-state index is 0.0323. The van der Waals surface area contributed by atoms with Crippen molar-refractivity contribution in [3.05, 3.63) is 86.6 Å². The highest BCUT2D eigenvalue weighted by molar-refractivity contribution is 7.60. The van der Waals surface area contributed by atoms with Crippen molar-refractivity contribution in [2.45, 2.75) is 0 Å². The van der Waals surface area contributed by atoms with Crippen LogP contribution in [0.5, 0.6) is 0 Å². The molecular formula is C20H17N4O3P. The zero-order valence-corrected chi connectivity index (χ0v) is 15.5. The Morgan fingerprint density at radius 2 is 1.11 bits per heavy atom. The minimum atomic E-state index is -4.43. The van der Waals surface area contributed by atoms with E-state index in [4.69, 9.17) is 0 Å². The number of H-pyrrole nitrogens is 4. The fourth-order valence-corrected chi connectivity index (χ4v) is 4.10. The first-order chi connectivity index (χ1) is 13.4. The van der Waals surface area contributed by atoms with Gasteiger partial charge in [0.1, 0.15) is 0 Å². The molecule has 8 bridgehead atoms. The van der Waals surface area contributed by atoms with Crippen molar-refractivity contribution in [3.63, 3.8) is 0 Å². The second-order valence-corrected chi connectivity index (χ2v) is 8.32. The Hall–Kier alpha value is -3.25. The highest BCUT2D eigenvalue weighted by atomic mass is 31.2. The van der Waals surface area contributed by atoms with E-state index in [1.807, 2.05) is 54.6 Å². The lowest BCUT2D eigenvalue weighted by atomic mass is 10.3. The zero-order chi connectivity index (χ0) is 19.3. The Labute approximate surface area is 158 Å². The van der Waals surface area contributed by atoms with E-state index >= 15 is 0 Å². The monoisotopic (exact) mass is 392 g/mol. The molecule has 1 aliphatic heterocycles. The van der Waals surface area contributed by atoms with Gasteiger partial charge in [-0.1, -0.05) is 0 Å². The predicted octanol–water partition coefficient (Wildman–Crippen LogP) is -0.569. The standard InChI is InChI=1S/C20H17N4O3P/c25-28(26,27)20-11-18-9-16-4-3-14(22-16)7-12-1-2-13(21-12)8-15-5-6-17(23-15)10-19(20)24-18/h1-11,21-24H,(H2,25,26,27). The Morgan fingerprint density at radius 1 is 0.607 bits per heavy atom. The quantitative estimate of drug-likeness (QED) is 0.214. The molecule has 5 heterocycles. The Kier molecular flexibility index (Phi) is 3.70. The molecule has 28 heavy (non-hydrogen) atoms. The summed E-state index contributed by atoms with van der Waals surface area (Å²) in [7, 11) is -4.43. The average molecular weight is 392 g/mol. The van der Waals surface area contributed by atoms with Gasteiger partial charge >= 0.3 is 7.60 Å². The zero-order valence-electron chi connectivity index (χ0n) is 14.6. The van der Waals surface area contributed by atoms with Crippen LogP contribution in [0.1, 0.15) is 22.8 Å². The van der Waals surface area contributed by atoms with Crippen molar-refractivity contribution in [3.8, 4) is 0 Å². The molecule has 0 aromatic carbocycles. The molecule has 0 amide bonds. The van der Waals surface area contributed by atoms with Crippen LogP contribution >= 0.6 is 7.60 Å². The normalized spacial score (nSPS) is 13.2. The molecule has 4 aromatic heterocycles. The third-order valence-electron chi connectivity index (χ3n) is 4.59. The molecule has 0 saturated heterocycles. The SMILES string of the molecule is O=P(O)(O)c1cc2[nH]c1=Cc1ccc([nH]1)C=c1ccc([nH]1)=Cc1ccc([nH]1)C=2. The maximum absolute atomic E-state index is 12.0. The Bertz CT molecular complexity index is 1480. The number of aromatic nitrogens is 4. The van der Waals surface area contributed by atoms with Gasteiger partial charge in [-0.25, -0.2) is 0 Å². The maximum Gasteiger partial charge on any atom is 0.358 e. The largest absolute Gasteiger partial charge is 0.358 e. The summed E-state index contributed by atoms with van der Waals surface area (Å²) >= 11 is 0. The summed E-state index contributed by atoms with van der Waals surface area (Å²) in [5.41, 5.74) is 3.36. The summed E-state index contributed by atoms with van der Waals surface area (Å²) in [6.07, 6.45) is 7.48. The van der Waals surface area contributed by atoms with Crippen LogP contribution < -0.4 is 26.7 Å². The summed E-state index contributed by atoms with van der Waals surface area (Å²) in [6, 6.07) is 13.1. The molecule has 0 atom stereocenters. The first-order valence-corrected chi connectivity index (χ1v) is 10.3. The topological polar surface area (TPSA) is 121 Å². The van der Waals surface area contributed by atoms with Crippen LogP contribution in [-0.2, 0) is 4.57 Å². The summed E-state index contributed by atoms with van der Waals surface area (Å²) in [5, 5.41) is 2.86.